The highest BCUT2D eigenvalue weighted by Gasteiger charge is 2.38. The van der Waals surface area contributed by atoms with E-state index in [9.17, 15) is 9.50 Å². The molecule has 1 heterocycles. The summed E-state index contributed by atoms with van der Waals surface area (Å²) < 4.78 is 25.1. The van der Waals surface area contributed by atoms with Crippen molar-refractivity contribution in [3.63, 3.8) is 0 Å². The summed E-state index contributed by atoms with van der Waals surface area (Å²) in [6.07, 6.45) is 0. The van der Waals surface area contributed by atoms with Gasteiger partial charge < -0.3 is 14.6 Å². The summed E-state index contributed by atoms with van der Waals surface area (Å²) in [7, 11) is 0. The van der Waals surface area contributed by atoms with Crippen LogP contribution in [0.15, 0.2) is 34.8 Å². The van der Waals surface area contributed by atoms with Gasteiger partial charge in [0.15, 0.2) is 0 Å². The van der Waals surface area contributed by atoms with Crippen molar-refractivity contribution in [1.82, 2.24) is 0 Å². The third kappa shape index (κ3) is 2.76. The Morgan fingerprint density at radius 1 is 1.18 bits per heavy atom. The van der Waals surface area contributed by atoms with E-state index in [4.69, 9.17) is 9.47 Å². The van der Waals surface area contributed by atoms with Gasteiger partial charge in [0.2, 0.25) is 0 Å². The number of hydrogen-bond donors (Lipinski definition) is 1. The number of halogens is 2. The maximum atomic E-state index is 13.4. The molecule has 2 aromatic carbocycles. The van der Waals surface area contributed by atoms with E-state index in [1.807, 2.05) is 26.0 Å². The average Bonchev–Trinajstić information content (AvgIpc) is 2.41. The monoisotopic (exact) mass is 366 g/mol. The van der Waals surface area contributed by atoms with Gasteiger partial charge in [0.25, 0.3) is 0 Å². The van der Waals surface area contributed by atoms with E-state index in [1.165, 1.54) is 12.1 Å². The summed E-state index contributed by atoms with van der Waals surface area (Å²) in [5.41, 5.74) is 1.34. The van der Waals surface area contributed by atoms with Gasteiger partial charge in [0.05, 0.1) is 17.7 Å². The molecule has 0 amide bonds. The summed E-state index contributed by atoms with van der Waals surface area (Å²) in [4.78, 5) is 0. The Kier molecular flexibility index (Phi) is 3.97. The van der Waals surface area contributed by atoms with Gasteiger partial charge in [-0.1, -0.05) is 6.07 Å². The van der Waals surface area contributed by atoms with Gasteiger partial charge in [0.1, 0.15) is 22.9 Å². The highest BCUT2D eigenvalue weighted by Crippen LogP contribution is 2.38. The van der Waals surface area contributed by atoms with Gasteiger partial charge in [-0.25, -0.2) is 4.39 Å². The van der Waals surface area contributed by atoms with Gasteiger partial charge >= 0.3 is 0 Å². The van der Waals surface area contributed by atoms with Crippen molar-refractivity contribution in [2.24, 2.45) is 0 Å². The lowest BCUT2D eigenvalue weighted by molar-refractivity contribution is -0.184. The van der Waals surface area contributed by atoms with Gasteiger partial charge in [-0.3, -0.25) is 0 Å². The van der Waals surface area contributed by atoms with E-state index in [2.05, 4.69) is 15.9 Å². The highest BCUT2D eigenvalue weighted by molar-refractivity contribution is 9.10. The smallest absolute Gasteiger partial charge is 0.141 e. The van der Waals surface area contributed by atoms with Gasteiger partial charge in [0, 0.05) is 0 Å². The zero-order chi connectivity index (χ0) is 15.9. The molecule has 0 radical (unpaired) electrons. The quantitative estimate of drug-likeness (QED) is 0.883. The van der Waals surface area contributed by atoms with Crippen molar-refractivity contribution < 1.29 is 19.0 Å². The van der Waals surface area contributed by atoms with Crippen LogP contribution in [-0.4, -0.2) is 18.3 Å². The first kappa shape index (κ1) is 15.5. The van der Waals surface area contributed by atoms with Crippen molar-refractivity contribution in [2.45, 2.75) is 19.4 Å². The lowest BCUT2D eigenvalue weighted by atomic mass is 9.92. The molecule has 0 spiro atoms. The molecule has 0 aromatic heterocycles. The molecule has 3 rings (SSSR count). The number of aliphatic hydroxyl groups is 1. The van der Waals surface area contributed by atoms with E-state index in [0.717, 1.165) is 21.2 Å². The van der Waals surface area contributed by atoms with Gasteiger partial charge in [-0.15, -0.1) is 0 Å². The van der Waals surface area contributed by atoms with Crippen LogP contribution in [-0.2, 0) is 10.3 Å². The molecule has 1 saturated heterocycles. The number of hydrogen-bond acceptors (Lipinski definition) is 3. The molecule has 2 aromatic rings. The van der Waals surface area contributed by atoms with E-state index < -0.39 is 5.60 Å². The highest BCUT2D eigenvalue weighted by atomic mass is 79.9. The molecule has 0 atom stereocenters. The Balaban J connectivity index is 1.90. The summed E-state index contributed by atoms with van der Waals surface area (Å²) >= 11 is 3.46. The molecule has 1 fully saturated rings. The summed E-state index contributed by atoms with van der Waals surface area (Å²) in [6, 6.07) is 8.32. The normalized spacial score (nSPS) is 16.2. The molecule has 0 saturated carbocycles. The fourth-order valence-corrected chi connectivity index (χ4v) is 2.96. The molecule has 0 aliphatic carbocycles. The van der Waals surface area contributed by atoms with Gasteiger partial charge in [-0.2, -0.15) is 0 Å². The molecule has 0 unspecified atom stereocenters. The predicted octanol–water partition coefficient (Wildman–Crippen LogP) is 4.22. The fourth-order valence-electron chi connectivity index (χ4n) is 2.50. The molecule has 1 aliphatic heterocycles. The van der Waals surface area contributed by atoms with Crippen LogP contribution in [0.4, 0.5) is 4.39 Å². The minimum absolute atomic E-state index is 0.274. The number of rotatable bonds is 3. The zero-order valence-corrected chi connectivity index (χ0v) is 13.9. The first-order valence-electron chi connectivity index (χ1n) is 6.94. The molecular weight excluding hydrogens is 351 g/mol. The topological polar surface area (TPSA) is 38.7 Å². The number of aryl methyl sites for hydroxylation is 2. The van der Waals surface area contributed by atoms with Crippen molar-refractivity contribution >= 4 is 15.9 Å². The lowest BCUT2D eigenvalue weighted by Crippen LogP contribution is -2.46. The van der Waals surface area contributed by atoms with E-state index in [1.54, 1.807) is 6.07 Å². The largest absolute Gasteiger partial charge is 0.456 e. The summed E-state index contributed by atoms with van der Waals surface area (Å²) in [5, 5.41) is 10.3. The molecule has 22 heavy (non-hydrogen) atoms. The molecule has 0 bridgehead atoms. The van der Waals surface area contributed by atoms with Crippen LogP contribution in [0.3, 0.4) is 0 Å². The molecule has 1 N–H and O–H groups in total. The van der Waals surface area contributed by atoms with Crippen molar-refractivity contribution in [3.8, 4) is 11.5 Å². The van der Waals surface area contributed by atoms with E-state index in [-0.39, 0.29) is 5.82 Å². The summed E-state index contributed by atoms with van der Waals surface area (Å²) in [5.74, 6) is 0.981. The SMILES string of the molecule is Cc1cc(F)cc(C)c1Oc1ccc(C2(O)COC2)cc1Br. The van der Waals surface area contributed by atoms with Crippen molar-refractivity contribution in [3.05, 3.63) is 57.3 Å². The van der Waals surface area contributed by atoms with Crippen LogP contribution in [0, 0.1) is 19.7 Å². The Bertz CT molecular complexity index is 703. The minimum Gasteiger partial charge on any atom is -0.456 e. The lowest BCUT2D eigenvalue weighted by Gasteiger charge is -2.36. The minimum atomic E-state index is -0.914. The Morgan fingerprint density at radius 2 is 1.82 bits per heavy atom. The summed E-state index contributed by atoms with van der Waals surface area (Å²) in [6.45, 7) is 4.22. The maximum absolute atomic E-state index is 13.4. The molecule has 1 aliphatic rings. The van der Waals surface area contributed by atoms with Crippen LogP contribution >= 0.6 is 15.9 Å². The van der Waals surface area contributed by atoms with Gasteiger partial charge in [-0.05, 0) is 70.7 Å². The second-order valence-electron chi connectivity index (χ2n) is 5.64. The number of ether oxygens (including phenoxy) is 2. The number of benzene rings is 2. The van der Waals surface area contributed by atoms with Crippen LogP contribution in [0.5, 0.6) is 11.5 Å². The molecular formula is C17H16BrFO3. The van der Waals surface area contributed by atoms with Crippen molar-refractivity contribution in [1.29, 1.82) is 0 Å². The third-order valence-electron chi connectivity index (χ3n) is 3.79. The maximum Gasteiger partial charge on any atom is 0.141 e. The standard InChI is InChI=1S/C17H16BrFO3/c1-10-5-13(19)6-11(2)16(10)22-15-4-3-12(7-14(15)18)17(20)8-21-9-17/h3-7,20H,8-9H2,1-2H3. The fraction of sp³-hybridized carbons (Fsp3) is 0.294. The molecule has 3 nitrogen and oxygen atoms in total. The van der Waals surface area contributed by atoms with E-state index >= 15 is 0 Å². The van der Waals surface area contributed by atoms with Crippen LogP contribution < -0.4 is 4.74 Å². The third-order valence-corrected chi connectivity index (χ3v) is 4.41. The first-order chi connectivity index (χ1) is 10.4. The predicted molar refractivity (Wildman–Crippen MR) is 84.8 cm³/mol. The average molecular weight is 367 g/mol. The Hall–Kier alpha value is -1.43. The molecule has 116 valence electrons. The second-order valence-corrected chi connectivity index (χ2v) is 6.49. The Labute approximate surface area is 136 Å². The van der Waals surface area contributed by atoms with Crippen LogP contribution in [0.25, 0.3) is 0 Å². The van der Waals surface area contributed by atoms with Crippen LogP contribution in [0.1, 0.15) is 16.7 Å². The van der Waals surface area contributed by atoms with Crippen LogP contribution in [0.2, 0.25) is 0 Å². The molecule has 5 heteroatoms. The first-order valence-corrected chi connectivity index (χ1v) is 7.73. The van der Waals surface area contributed by atoms with E-state index in [0.29, 0.717) is 24.7 Å². The van der Waals surface area contributed by atoms with Crippen molar-refractivity contribution in [2.75, 3.05) is 13.2 Å². The second kappa shape index (κ2) is 5.65. The zero-order valence-electron chi connectivity index (χ0n) is 12.3. The Morgan fingerprint density at radius 3 is 2.32 bits per heavy atom.